The predicted octanol–water partition coefficient (Wildman–Crippen LogP) is 3.06. The van der Waals surface area contributed by atoms with Crippen LogP contribution in [-0.2, 0) is 6.54 Å². The maximum atomic E-state index is 12.2. The van der Waals surface area contributed by atoms with Crippen molar-refractivity contribution in [2.75, 3.05) is 0 Å². The number of hydrogen-bond donors (Lipinski definition) is 0. The molecule has 0 saturated carbocycles. The highest BCUT2D eigenvalue weighted by molar-refractivity contribution is 7.12. The van der Waals surface area contributed by atoms with Crippen LogP contribution in [0.25, 0.3) is 0 Å². The smallest absolute Gasteiger partial charge is 0.185 e. The normalized spacial score (nSPS) is 10.8. The lowest BCUT2D eigenvalue weighted by Crippen LogP contribution is -2.13. The highest BCUT2D eigenvalue weighted by atomic mass is 32.1. The fourth-order valence-corrected chi connectivity index (χ4v) is 2.91. The van der Waals surface area contributed by atoms with Gasteiger partial charge in [-0.15, -0.1) is 11.3 Å². The SMILES string of the molecule is Cc1cc(C)n(CC(=O)c2cc(C)sc2C)n1. The van der Waals surface area contributed by atoms with Crippen LogP contribution in [0.4, 0.5) is 0 Å². The summed E-state index contributed by atoms with van der Waals surface area (Å²) in [6.07, 6.45) is 0. The van der Waals surface area contributed by atoms with Crippen molar-refractivity contribution in [2.45, 2.75) is 34.2 Å². The highest BCUT2D eigenvalue weighted by Gasteiger charge is 2.14. The molecule has 0 atom stereocenters. The van der Waals surface area contributed by atoms with Crippen LogP contribution in [-0.4, -0.2) is 15.6 Å². The van der Waals surface area contributed by atoms with Gasteiger partial charge in [-0.25, -0.2) is 0 Å². The number of aryl methyl sites for hydroxylation is 4. The second kappa shape index (κ2) is 4.45. The lowest BCUT2D eigenvalue weighted by molar-refractivity contribution is 0.0966. The van der Waals surface area contributed by atoms with Crippen molar-refractivity contribution in [3.05, 3.63) is 38.8 Å². The van der Waals surface area contributed by atoms with E-state index in [-0.39, 0.29) is 5.78 Å². The molecule has 4 heteroatoms. The molecular formula is C13H16N2OS. The molecule has 0 aliphatic carbocycles. The molecule has 0 amide bonds. The summed E-state index contributed by atoms with van der Waals surface area (Å²) in [6, 6.07) is 3.95. The topological polar surface area (TPSA) is 34.9 Å². The van der Waals surface area contributed by atoms with E-state index in [1.807, 2.05) is 39.8 Å². The Kier molecular flexibility index (Phi) is 3.15. The Morgan fingerprint density at radius 1 is 1.29 bits per heavy atom. The molecule has 2 aromatic heterocycles. The summed E-state index contributed by atoms with van der Waals surface area (Å²) in [7, 11) is 0. The first kappa shape index (κ1) is 12.0. The van der Waals surface area contributed by atoms with Gasteiger partial charge in [-0.3, -0.25) is 9.48 Å². The molecule has 90 valence electrons. The first-order valence-corrected chi connectivity index (χ1v) is 6.40. The second-order valence-electron chi connectivity index (χ2n) is 4.33. The maximum Gasteiger partial charge on any atom is 0.185 e. The van der Waals surface area contributed by atoms with Crippen LogP contribution >= 0.6 is 11.3 Å². The molecule has 0 fully saturated rings. The molecule has 0 aliphatic rings. The van der Waals surface area contributed by atoms with Crippen LogP contribution in [0.2, 0.25) is 0 Å². The summed E-state index contributed by atoms with van der Waals surface area (Å²) >= 11 is 1.67. The van der Waals surface area contributed by atoms with E-state index in [0.29, 0.717) is 6.54 Å². The van der Waals surface area contributed by atoms with Crippen molar-refractivity contribution in [2.24, 2.45) is 0 Å². The molecule has 0 unspecified atom stereocenters. The van der Waals surface area contributed by atoms with Crippen LogP contribution < -0.4 is 0 Å². The fraction of sp³-hybridized carbons (Fsp3) is 0.385. The van der Waals surface area contributed by atoms with E-state index in [1.165, 1.54) is 4.88 Å². The van der Waals surface area contributed by atoms with Gasteiger partial charge in [0.25, 0.3) is 0 Å². The zero-order valence-corrected chi connectivity index (χ0v) is 11.4. The van der Waals surface area contributed by atoms with Crippen LogP contribution in [0.1, 0.15) is 31.5 Å². The first-order chi connectivity index (χ1) is 7.97. The minimum absolute atomic E-state index is 0.137. The first-order valence-electron chi connectivity index (χ1n) is 5.58. The molecule has 0 aromatic carbocycles. The Hall–Kier alpha value is -1.42. The van der Waals surface area contributed by atoms with Crippen LogP contribution in [0.5, 0.6) is 0 Å². The molecule has 0 spiro atoms. The monoisotopic (exact) mass is 248 g/mol. The minimum atomic E-state index is 0.137. The van der Waals surface area contributed by atoms with E-state index in [4.69, 9.17) is 0 Å². The number of nitrogens with zero attached hydrogens (tertiary/aromatic N) is 2. The zero-order chi connectivity index (χ0) is 12.6. The number of rotatable bonds is 3. The summed E-state index contributed by atoms with van der Waals surface area (Å²) in [5.41, 5.74) is 2.81. The molecule has 0 bridgehead atoms. The molecule has 3 nitrogen and oxygen atoms in total. The lowest BCUT2D eigenvalue weighted by Gasteiger charge is -2.03. The number of hydrogen-bond acceptors (Lipinski definition) is 3. The molecule has 2 aromatic rings. The van der Waals surface area contributed by atoms with Crippen molar-refractivity contribution in [1.82, 2.24) is 9.78 Å². The molecule has 2 heterocycles. The van der Waals surface area contributed by atoms with Crippen molar-refractivity contribution in [1.29, 1.82) is 0 Å². The molecule has 17 heavy (non-hydrogen) atoms. The standard InChI is InChI=1S/C13H16N2OS/c1-8-5-9(2)15(14-8)7-13(16)12-6-10(3)17-11(12)4/h5-6H,7H2,1-4H3. The fourth-order valence-electron chi connectivity index (χ4n) is 1.96. The van der Waals surface area contributed by atoms with Crippen molar-refractivity contribution < 1.29 is 4.79 Å². The van der Waals surface area contributed by atoms with E-state index in [1.54, 1.807) is 16.0 Å². The molecule has 2 rings (SSSR count). The second-order valence-corrected chi connectivity index (χ2v) is 5.80. The average Bonchev–Trinajstić information content (AvgIpc) is 2.70. The van der Waals surface area contributed by atoms with Crippen molar-refractivity contribution in [3.63, 3.8) is 0 Å². The van der Waals surface area contributed by atoms with E-state index >= 15 is 0 Å². The third kappa shape index (κ3) is 2.47. The summed E-state index contributed by atoms with van der Waals surface area (Å²) in [5, 5.41) is 4.31. The summed E-state index contributed by atoms with van der Waals surface area (Å²) in [4.78, 5) is 14.4. The third-order valence-corrected chi connectivity index (χ3v) is 3.70. The third-order valence-electron chi connectivity index (χ3n) is 2.74. The molecule has 0 radical (unpaired) electrons. The largest absolute Gasteiger partial charge is 0.292 e. The van der Waals surface area contributed by atoms with Crippen molar-refractivity contribution >= 4 is 17.1 Å². The van der Waals surface area contributed by atoms with Gasteiger partial charge in [0.05, 0.1) is 5.69 Å². The minimum Gasteiger partial charge on any atom is -0.292 e. The van der Waals surface area contributed by atoms with Crippen molar-refractivity contribution in [3.8, 4) is 0 Å². The van der Waals surface area contributed by atoms with Gasteiger partial charge in [0.15, 0.2) is 5.78 Å². The Morgan fingerprint density at radius 3 is 2.47 bits per heavy atom. The van der Waals surface area contributed by atoms with Gasteiger partial charge in [0.1, 0.15) is 6.54 Å². The molecule has 0 aliphatic heterocycles. The Morgan fingerprint density at radius 2 is 2.00 bits per heavy atom. The number of Topliss-reactive ketones (excluding diaryl/α,β-unsaturated/α-hetero) is 1. The van der Waals surface area contributed by atoms with Crippen LogP contribution in [0.15, 0.2) is 12.1 Å². The van der Waals surface area contributed by atoms with E-state index < -0.39 is 0 Å². The van der Waals surface area contributed by atoms with Gasteiger partial charge in [-0.05, 0) is 39.8 Å². The van der Waals surface area contributed by atoms with E-state index in [9.17, 15) is 4.79 Å². The van der Waals surface area contributed by atoms with E-state index in [0.717, 1.165) is 21.8 Å². The maximum absolute atomic E-state index is 12.2. The summed E-state index contributed by atoms with van der Waals surface area (Å²) in [5.74, 6) is 0.137. The number of carbonyl (C=O) groups excluding carboxylic acids is 1. The number of ketones is 1. The Balaban J connectivity index is 2.22. The quantitative estimate of drug-likeness (QED) is 0.782. The average molecular weight is 248 g/mol. The van der Waals surface area contributed by atoms with Gasteiger partial charge in [0, 0.05) is 21.0 Å². The molecule has 0 N–H and O–H groups in total. The van der Waals surface area contributed by atoms with Crippen LogP contribution in [0.3, 0.4) is 0 Å². The highest BCUT2D eigenvalue weighted by Crippen LogP contribution is 2.21. The summed E-state index contributed by atoms with van der Waals surface area (Å²) < 4.78 is 1.77. The number of thiophene rings is 1. The number of carbonyl (C=O) groups is 1. The van der Waals surface area contributed by atoms with Gasteiger partial charge < -0.3 is 0 Å². The zero-order valence-electron chi connectivity index (χ0n) is 10.6. The van der Waals surface area contributed by atoms with E-state index in [2.05, 4.69) is 5.10 Å². The Labute approximate surface area is 105 Å². The Bertz CT molecular complexity index is 566. The van der Waals surface area contributed by atoms with Gasteiger partial charge >= 0.3 is 0 Å². The predicted molar refractivity (Wildman–Crippen MR) is 69.8 cm³/mol. The van der Waals surface area contributed by atoms with Gasteiger partial charge in [-0.2, -0.15) is 5.10 Å². The summed E-state index contributed by atoms with van der Waals surface area (Å²) in [6.45, 7) is 8.26. The number of aromatic nitrogens is 2. The molecule has 0 saturated heterocycles. The van der Waals surface area contributed by atoms with Gasteiger partial charge in [-0.1, -0.05) is 0 Å². The lowest BCUT2D eigenvalue weighted by atomic mass is 10.1. The molecular weight excluding hydrogens is 232 g/mol. The van der Waals surface area contributed by atoms with Crippen LogP contribution in [0, 0.1) is 27.7 Å². The van der Waals surface area contributed by atoms with Gasteiger partial charge in [0.2, 0.25) is 0 Å².